The van der Waals surface area contributed by atoms with E-state index >= 15 is 0 Å². The Kier molecular flexibility index (Phi) is 6.43. The van der Waals surface area contributed by atoms with Crippen molar-refractivity contribution in [3.8, 4) is 4.33 Å². The van der Waals surface area contributed by atoms with Gasteiger partial charge in [-0.25, -0.2) is 0 Å². The van der Waals surface area contributed by atoms with E-state index in [1.807, 2.05) is 0 Å². The van der Waals surface area contributed by atoms with Crippen molar-refractivity contribution in [3.63, 3.8) is 0 Å². The van der Waals surface area contributed by atoms with Crippen LogP contribution in [0.2, 0.25) is 0 Å². The van der Waals surface area contributed by atoms with Crippen molar-refractivity contribution in [1.29, 1.82) is 0 Å². The summed E-state index contributed by atoms with van der Waals surface area (Å²) in [6, 6.07) is 1.24. The first-order valence-corrected chi connectivity index (χ1v) is 13.2. The van der Waals surface area contributed by atoms with E-state index in [1.54, 1.807) is 0 Å². The molecule has 0 radical (unpaired) electrons. The second kappa shape index (κ2) is 5.76. The van der Waals surface area contributed by atoms with Crippen LogP contribution in [0.25, 0.3) is 0 Å². The van der Waals surface area contributed by atoms with Crippen molar-refractivity contribution in [2.24, 2.45) is 0 Å². The Morgan fingerprint density at radius 2 is 1.60 bits per heavy atom. The van der Waals surface area contributed by atoms with Gasteiger partial charge in [-0.3, -0.25) is 0 Å². The van der Waals surface area contributed by atoms with Gasteiger partial charge in [0.1, 0.15) is 0 Å². The molecule has 0 rings (SSSR count). The predicted octanol–water partition coefficient (Wildman–Crippen LogP) is 2.45. The molecule has 0 atom stereocenters. The molecule has 0 aromatic carbocycles. The van der Waals surface area contributed by atoms with E-state index in [0.717, 1.165) is 0 Å². The van der Waals surface area contributed by atoms with Gasteiger partial charge < -0.3 is 0 Å². The topological polar surface area (TPSA) is 3.24 Å². The van der Waals surface area contributed by atoms with E-state index in [0.29, 0.717) is 12.1 Å². The molecule has 0 aliphatic carbocycles. The van der Waals surface area contributed by atoms with Gasteiger partial charge in [-0.2, -0.15) is 0 Å². The molecule has 0 N–H and O–H groups in total. The number of halogens is 1. The first kappa shape index (κ1) is 11.2. The quantitative estimate of drug-likeness (QED) is 0.488. The van der Waals surface area contributed by atoms with Gasteiger partial charge in [0.05, 0.1) is 0 Å². The normalized spacial score (nSPS) is 10.8. The van der Waals surface area contributed by atoms with Crippen LogP contribution >= 0.6 is 19.4 Å². The molecule has 0 heterocycles. The van der Waals surface area contributed by atoms with Crippen molar-refractivity contribution in [3.05, 3.63) is 0 Å². The SMILES string of the molecule is CC(C)N([C]#[W][I])C(C)C. The van der Waals surface area contributed by atoms with Crippen molar-refractivity contribution >= 4 is 19.4 Å². The number of hydrogen-bond donors (Lipinski definition) is 0. The van der Waals surface area contributed by atoms with Crippen LogP contribution < -0.4 is 0 Å². The molecule has 0 aliphatic rings. The number of rotatable bonds is 2. The van der Waals surface area contributed by atoms with Crippen LogP contribution in [0.5, 0.6) is 0 Å². The zero-order chi connectivity index (χ0) is 8.15. The maximum absolute atomic E-state index is 3.47. The second-order valence-corrected chi connectivity index (χ2v) is 7.58. The average Bonchev–Trinajstić information content (AvgIpc) is 1.81. The van der Waals surface area contributed by atoms with Gasteiger partial charge >= 0.3 is 82.6 Å². The fraction of sp³-hybridized carbons (Fsp3) is 0.857. The van der Waals surface area contributed by atoms with E-state index in [1.165, 1.54) is 0 Å². The minimum absolute atomic E-state index is 0.284. The molecule has 0 aliphatic heterocycles. The molecular weight excluding hydrogens is 409 g/mol. The predicted molar refractivity (Wildman–Crippen MR) is 50.0 cm³/mol. The van der Waals surface area contributed by atoms with Gasteiger partial charge in [0.2, 0.25) is 0 Å². The summed E-state index contributed by atoms with van der Waals surface area (Å²) in [5.41, 5.74) is 0. The summed E-state index contributed by atoms with van der Waals surface area (Å²) in [6.45, 7) is 8.88. The first-order chi connectivity index (χ1) is 4.59. The van der Waals surface area contributed by atoms with Gasteiger partial charge in [0.25, 0.3) is 0 Å². The third-order valence-electron chi connectivity index (χ3n) is 1.25. The molecule has 0 saturated heterocycles. The fourth-order valence-corrected chi connectivity index (χ4v) is 4.51. The molecule has 10 heavy (non-hydrogen) atoms. The molecule has 0 aromatic heterocycles. The van der Waals surface area contributed by atoms with Gasteiger partial charge in [0.15, 0.2) is 0 Å². The van der Waals surface area contributed by atoms with Crippen LogP contribution in [0.3, 0.4) is 0 Å². The van der Waals surface area contributed by atoms with Crippen molar-refractivity contribution < 1.29 is 14.2 Å². The zero-order valence-electron chi connectivity index (χ0n) is 6.89. The van der Waals surface area contributed by atoms with Crippen LogP contribution in [0.15, 0.2) is 0 Å². The van der Waals surface area contributed by atoms with Gasteiger partial charge in [0, 0.05) is 0 Å². The molecule has 0 bridgehead atoms. The molecule has 1 nitrogen and oxygen atoms in total. The summed E-state index contributed by atoms with van der Waals surface area (Å²) >= 11 is 2.20. The van der Waals surface area contributed by atoms with Crippen LogP contribution in [0.4, 0.5) is 0 Å². The first-order valence-electron chi connectivity index (χ1n) is 3.41. The van der Waals surface area contributed by atoms with Gasteiger partial charge in [-0.1, -0.05) is 0 Å². The van der Waals surface area contributed by atoms with Crippen molar-refractivity contribution in [2.75, 3.05) is 0 Å². The van der Waals surface area contributed by atoms with E-state index < -0.39 is 0 Å². The molecular formula is C7H14INW. The number of hydrogen-bond acceptors (Lipinski definition) is 1. The zero-order valence-corrected chi connectivity index (χ0v) is 12.0. The summed E-state index contributed by atoms with van der Waals surface area (Å²) < 4.78 is 3.47. The monoisotopic (exact) mass is 423 g/mol. The Morgan fingerprint density at radius 3 is 1.70 bits per heavy atom. The van der Waals surface area contributed by atoms with E-state index in [-0.39, 0.29) is 14.2 Å². The van der Waals surface area contributed by atoms with Crippen molar-refractivity contribution in [2.45, 2.75) is 39.8 Å². The van der Waals surface area contributed by atoms with E-state index in [2.05, 4.69) is 56.3 Å². The molecule has 0 fully saturated rings. The standard InChI is InChI=1S/C7H14N.HI.W/c1-6(2)8(5)7(3)4;;/h6-7H,1-4H3;1H;/q;;+1/p-1. The third-order valence-corrected chi connectivity index (χ3v) is 3.87. The Morgan fingerprint density at radius 1 is 1.20 bits per heavy atom. The van der Waals surface area contributed by atoms with Crippen LogP contribution in [0.1, 0.15) is 27.7 Å². The Labute approximate surface area is 82.0 Å². The van der Waals surface area contributed by atoms with E-state index in [9.17, 15) is 0 Å². The van der Waals surface area contributed by atoms with Crippen LogP contribution in [0, 0.1) is 4.33 Å². The molecule has 60 valence electrons. The second-order valence-electron chi connectivity index (χ2n) is 2.76. The van der Waals surface area contributed by atoms with Gasteiger partial charge in [-0.15, -0.1) is 0 Å². The molecule has 0 spiro atoms. The minimum atomic E-state index is -0.284. The summed E-state index contributed by atoms with van der Waals surface area (Å²) in [6.07, 6.45) is 0. The van der Waals surface area contributed by atoms with Crippen LogP contribution in [-0.4, -0.2) is 17.0 Å². The third kappa shape index (κ3) is 4.12. The molecule has 0 aromatic rings. The molecule has 0 amide bonds. The summed E-state index contributed by atoms with van der Waals surface area (Å²) in [5.74, 6) is 0. The Balaban J connectivity index is 4.07. The Bertz CT molecular complexity index is 137. The van der Waals surface area contributed by atoms with E-state index in [4.69, 9.17) is 0 Å². The average molecular weight is 423 g/mol. The Hall–Kier alpha value is 1.16. The molecule has 0 unspecified atom stereocenters. The molecule has 3 heteroatoms. The number of nitrogens with zero attached hydrogens (tertiary/aromatic N) is 1. The summed E-state index contributed by atoms with van der Waals surface area (Å²) in [5, 5.41) is 0. The summed E-state index contributed by atoms with van der Waals surface area (Å²) in [7, 11) is 0. The summed E-state index contributed by atoms with van der Waals surface area (Å²) in [4.78, 5) is 2.33. The molecule has 0 saturated carbocycles. The van der Waals surface area contributed by atoms with Crippen molar-refractivity contribution in [1.82, 2.24) is 4.90 Å². The maximum atomic E-state index is 3.47. The van der Waals surface area contributed by atoms with Crippen LogP contribution in [-0.2, 0) is 14.2 Å². The fourth-order valence-electron chi connectivity index (χ4n) is 0.847. The van der Waals surface area contributed by atoms with Gasteiger partial charge in [-0.05, 0) is 0 Å².